The molecule has 194 valence electrons. The van der Waals surface area contributed by atoms with E-state index in [1.165, 1.54) is 6.33 Å². The molecule has 1 fully saturated rings. The summed E-state index contributed by atoms with van der Waals surface area (Å²) in [5.74, 6) is 2.22. The molecule has 0 spiro atoms. The van der Waals surface area contributed by atoms with Gasteiger partial charge in [0, 0.05) is 35.8 Å². The maximum Gasteiger partial charge on any atom is 0.182 e. The van der Waals surface area contributed by atoms with E-state index in [-0.39, 0.29) is 6.04 Å². The molecule has 37 heavy (non-hydrogen) atoms. The molecule has 0 aliphatic carbocycles. The Balaban J connectivity index is 1.53. The largest absolute Gasteiger partial charge is 0.497 e. The second-order valence-electron chi connectivity index (χ2n) is 9.00. The summed E-state index contributed by atoms with van der Waals surface area (Å²) in [6.07, 6.45) is 3.11. The van der Waals surface area contributed by atoms with Gasteiger partial charge < -0.3 is 24.5 Å². The molecular weight excluding hydrogens is 492 g/mol. The smallest absolute Gasteiger partial charge is 0.182 e. The normalized spacial score (nSPS) is 15.0. The summed E-state index contributed by atoms with van der Waals surface area (Å²) < 4.78 is 17.6. The van der Waals surface area contributed by atoms with E-state index in [1.807, 2.05) is 31.2 Å². The lowest BCUT2D eigenvalue weighted by molar-refractivity contribution is 0.0322. The monoisotopic (exact) mass is 522 g/mol. The Morgan fingerprint density at radius 3 is 2.84 bits per heavy atom. The number of aromatic amines is 1. The number of hydrogen-bond donors (Lipinski definition) is 2. The minimum Gasteiger partial charge on any atom is -0.497 e. The van der Waals surface area contributed by atoms with E-state index < -0.39 is 0 Å². The minimum atomic E-state index is -0.178. The van der Waals surface area contributed by atoms with E-state index in [9.17, 15) is 0 Å². The topological polar surface area (TPSA) is 97.4 Å². The first-order valence-corrected chi connectivity index (χ1v) is 12.7. The Morgan fingerprint density at radius 1 is 1.19 bits per heavy atom. The third-order valence-corrected chi connectivity index (χ3v) is 7.06. The van der Waals surface area contributed by atoms with Crippen LogP contribution in [0.15, 0.2) is 43.0 Å². The van der Waals surface area contributed by atoms with Crippen molar-refractivity contribution in [1.29, 1.82) is 0 Å². The Morgan fingerprint density at radius 2 is 2.03 bits per heavy atom. The van der Waals surface area contributed by atoms with Crippen molar-refractivity contribution in [3.63, 3.8) is 0 Å². The lowest BCUT2D eigenvalue weighted by Crippen LogP contribution is -2.38. The molecule has 1 saturated heterocycles. The van der Waals surface area contributed by atoms with Gasteiger partial charge in [-0.15, -0.1) is 0 Å². The molecule has 2 N–H and O–H groups in total. The first-order chi connectivity index (χ1) is 18.0. The Hall–Kier alpha value is -3.40. The van der Waals surface area contributed by atoms with Crippen LogP contribution in [0.3, 0.4) is 0 Å². The number of rotatable bonds is 9. The lowest BCUT2D eigenvalue weighted by atomic mass is 9.93. The minimum absolute atomic E-state index is 0.178. The number of imidazole rings is 1. The Labute approximate surface area is 221 Å². The summed E-state index contributed by atoms with van der Waals surface area (Å²) in [5, 5.41) is 4.17. The van der Waals surface area contributed by atoms with E-state index in [0.717, 1.165) is 72.1 Å². The molecule has 4 aromatic rings. The molecule has 5 rings (SSSR count). The van der Waals surface area contributed by atoms with Gasteiger partial charge >= 0.3 is 0 Å². The van der Waals surface area contributed by atoms with Gasteiger partial charge in [0.05, 0.1) is 32.7 Å². The first kappa shape index (κ1) is 25.3. The van der Waals surface area contributed by atoms with Gasteiger partial charge in [0.25, 0.3) is 0 Å². The number of hydrogen-bond acceptors (Lipinski definition) is 8. The van der Waals surface area contributed by atoms with Gasteiger partial charge in [-0.2, -0.15) is 0 Å². The molecule has 3 heterocycles. The number of anilines is 1. The van der Waals surface area contributed by atoms with Crippen LogP contribution in [-0.2, 0) is 4.74 Å². The van der Waals surface area contributed by atoms with Crippen molar-refractivity contribution >= 4 is 28.6 Å². The molecule has 0 amide bonds. The van der Waals surface area contributed by atoms with E-state index in [1.54, 1.807) is 13.4 Å². The second-order valence-corrected chi connectivity index (χ2v) is 9.41. The summed E-state index contributed by atoms with van der Waals surface area (Å²) in [4.78, 5) is 18.4. The van der Waals surface area contributed by atoms with Crippen LogP contribution in [0.5, 0.6) is 11.5 Å². The van der Waals surface area contributed by atoms with Crippen molar-refractivity contribution < 1.29 is 14.2 Å². The number of morpholine rings is 1. The van der Waals surface area contributed by atoms with Crippen LogP contribution in [0.25, 0.3) is 22.3 Å². The van der Waals surface area contributed by atoms with Crippen molar-refractivity contribution in [2.24, 2.45) is 0 Å². The van der Waals surface area contributed by atoms with Crippen molar-refractivity contribution in [1.82, 2.24) is 24.8 Å². The number of ether oxygens (including phenoxy) is 3. The van der Waals surface area contributed by atoms with Crippen molar-refractivity contribution in [2.75, 3.05) is 51.9 Å². The molecule has 9 nitrogen and oxygen atoms in total. The van der Waals surface area contributed by atoms with Crippen molar-refractivity contribution in [2.45, 2.75) is 19.9 Å². The van der Waals surface area contributed by atoms with E-state index in [4.69, 9.17) is 25.8 Å². The van der Waals surface area contributed by atoms with Gasteiger partial charge in [-0.3, -0.25) is 4.90 Å². The molecule has 1 aliphatic heterocycles. The van der Waals surface area contributed by atoms with Crippen LogP contribution in [-0.4, -0.2) is 71.4 Å². The summed E-state index contributed by atoms with van der Waals surface area (Å²) in [7, 11) is 1.67. The molecule has 0 radical (unpaired) electrons. The van der Waals surface area contributed by atoms with Gasteiger partial charge in [-0.1, -0.05) is 23.7 Å². The highest BCUT2D eigenvalue weighted by Crippen LogP contribution is 2.43. The lowest BCUT2D eigenvalue weighted by Gasteiger charge is -2.28. The molecule has 2 aromatic carbocycles. The third kappa shape index (κ3) is 5.49. The molecule has 1 atom stereocenters. The zero-order chi connectivity index (χ0) is 25.8. The van der Waals surface area contributed by atoms with Gasteiger partial charge in [0.1, 0.15) is 29.9 Å². The fraction of sp³-hybridized carbons (Fsp3) is 0.370. The maximum absolute atomic E-state index is 6.82. The summed E-state index contributed by atoms with van der Waals surface area (Å²) in [6, 6.07) is 9.77. The average molecular weight is 523 g/mol. The average Bonchev–Trinajstić information content (AvgIpc) is 3.41. The SMILES string of the molecule is COc1cccc(-c2c(C)c(Cl)cc(C(C)Nc3ncnc4nc[nH]c34)c2OCCN2CCOCC2)c1. The maximum atomic E-state index is 6.82. The fourth-order valence-electron chi connectivity index (χ4n) is 4.61. The summed E-state index contributed by atoms with van der Waals surface area (Å²) >= 11 is 6.82. The number of halogens is 1. The standard InChI is InChI=1S/C27H31ClN6O3/c1-17-22(28)14-21(18(2)33-27-24-26(30-15-29-24)31-16-32-27)25(37-12-9-34-7-10-36-11-8-34)23(17)19-5-4-6-20(13-19)35-3/h4-6,13-16,18H,7-12H2,1-3H3,(H2,29,30,31,32,33). The van der Waals surface area contributed by atoms with Crippen molar-refractivity contribution in [3.8, 4) is 22.6 Å². The van der Waals surface area contributed by atoms with Crippen LogP contribution < -0.4 is 14.8 Å². The number of benzene rings is 2. The fourth-order valence-corrected chi connectivity index (χ4v) is 4.82. The summed E-state index contributed by atoms with van der Waals surface area (Å²) in [6.45, 7) is 8.75. The number of H-pyrrole nitrogens is 1. The molecule has 0 bridgehead atoms. The zero-order valence-corrected chi connectivity index (χ0v) is 22.0. The first-order valence-electron chi connectivity index (χ1n) is 12.4. The van der Waals surface area contributed by atoms with Crippen LogP contribution in [0, 0.1) is 6.92 Å². The number of aromatic nitrogens is 4. The highest BCUT2D eigenvalue weighted by Gasteiger charge is 2.23. The van der Waals surface area contributed by atoms with Gasteiger partial charge in [-0.05, 0) is 43.2 Å². The Kier molecular flexibility index (Phi) is 7.73. The molecule has 1 aliphatic rings. The van der Waals surface area contributed by atoms with Crippen molar-refractivity contribution in [3.05, 3.63) is 59.1 Å². The van der Waals surface area contributed by atoms with E-state index in [0.29, 0.717) is 23.1 Å². The molecule has 0 saturated carbocycles. The Bertz CT molecular complexity index is 1370. The number of fused-ring (bicyclic) bond motifs is 1. The predicted octanol–water partition coefficient (Wildman–Crippen LogP) is 4.87. The molecule has 1 unspecified atom stereocenters. The van der Waals surface area contributed by atoms with Gasteiger partial charge in [0.15, 0.2) is 11.5 Å². The molecular formula is C27H31ClN6O3. The van der Waals surface area contributed by atoms with Crippen LogP contribution in [0.1, 0.15) is 24.1 Å². The van der Waals surface area contributed by atoms with E-state index in [2.05, 4.69) is 43.1 Å². The quantitative estimate of drug-likeness (QED) is 0.321. The number of methoxy groups -OCH3 is 1. The number of nitrogens with one attached hydrogen (secondary N) is 2. The van der Waals surface area contributed by atoms with Crippen LogP contribution in [0.4, 0.5) is 5.82 Å². The number of nitrogens with zero attached hydrogens (tertiary/aromatic N) is 4. The molecule has 2 aromatic heterocycles. The zero-order valence-electron chi connectivity index (χ0n) is 21.3. The van der Waals surface area contributed by atoms with Gasteiger partial charge in [0.2, 0.25) is 0 Å². The summed E-state index contributed by atoms with van der Waals surface area (Å²) in [5.41, 5.74) is 5.16. The third-order valence-electron chi connectivity index (χ3n) is 6.66. The molecule has 10 heteroatoms. The second kappa shape index (κ2) is 11.3. The van der Waals surface area contributed by atoms with Gasteiger partial charge in [-0.25, -0.2) is 15.0 Å². The van der Waals surface area contributed by atoms with Crippen LogP contribution >= 0.6 is 11.6 Å². The van der Waals surface area contributed by atoms with E-state index >= 15 is 0 Å². The predicted molar refractivity (Wildman–Crippen MR) is 145 cm³/mol. The highest BCUT2D eigenvalue weighted by atomic mass is 35.5. The highest BCUT2D eigenvalue weighted by molar-refractivity contribution is 6.32. The van der Waals surface area contributed by atoms with Crippen LogP contribution in [0.2, 0.25) is 5.02 Å².